The molecule has 1 rings (SSSR count). The Morgan fingerprint density at radius 1 is 1.29 bits per heavy atom. The highest BCUT2D eigenvalue weighted by molar-refractivity contribution is 7.89. The molecule has 1 aromatic carbocycles. The third-order valence-electron chi connectivity index (χ3n) is 1.91. The van der Waals surface area contributed by atoms with Gasteiger partial charge in [-0.3, -0.25) is 0 Å². The van der Waals surface area contributed by atoms with Gasteiger partial charge in [-0.25, -0.2) is 18.4 Å². The van der Waals surface area contributed by atoms with Gasteiger partial charge >= 0.3 is 5.97 Å². The summed E-state index contributed by atoms with van der Waals surface area (Å²) in [6.45, 7) is -0.0313. The van der Waals surface area contributed by atoms with Crippen molar-refractivity contribution in [2.45, 2.75) is 0 Å². The molecule has 2 N–H and O–H groups in total. The maximum absolute atomic E-state index is 11.1. The average Bonchev–Trinajstić information content (AvgIpc) is 2.27. The van der Waals surface area contributed by atoms with Crippen LogP contribution in [0.2, 0.25) is 0 Å². The molecule has 0 amide bonds. The van der Waals surface area contributed by atoms with E-state index < -0.39 is 16.0 Å². The van der Waals surface area contributed by atoms with Crippen LogP contribution in [0.15, 0.2) is 24.3 Å². The Morgan fingerprint density at radius 2 is 1.88 bits per heavy atom. The van der Waals surface area contributed by atoms with Crippen molar-refractivity contribution < 1.29 is 22.7 Å². The number of nitrogens with two attached hydrogens (primary N) is 1. The van der Waals surface area contributed by atoms with E-state index >= 15 is 0 Å². The first kappa shape index (κ1) is 13.5. The van der Waals surface area contributed by atoms with Crippen molar-refractivity contribution in [3.63, 3.8) is 0 Å². The van der Waals surface area contributed by atoms with Crippen molar-refractivity contribution in [1.29, 1.82) is 0 Å². The quantitative estimate of drug-likeness (QED) is 0.759. The van der Waals surface area contributed by atoms with E-state index in [1.54, 1.807) is 12.1 Å². The van der Waals surface area contributed by atoms with Crippen LogP contribution in [0, 0.1) is 0 Å². The summed E-state index contributed by atoms with van der Waals surface area (Å²) in [4.78, 5) is 11.1. The maximum Gasteiger partial charge on any atom is 0.337 e. The fraction of sp³-hybridized carbons (Fsp3) is 0.300. The molecule has 0 fully saturated rings. The normalized spacial score (nSPS) is 10.9. The summed E-state index contributed by atoms with van der Waals surface area (Å²) in [5.74, 6) is -0.242. The van der Waals surface area contributed by atoms with Gasteiger partial charge in [-0.1, -0.05) is 0 Å². The van der Waals surface area contributed by atoms with Gasteiger partial charge in [-0.15, -0.1) is 0 Å². The molecule has 94 valence electrons. The van der Waals surface area contributed by atoms with Gasteiger partial charge in [0.1, 0.15) is 12.4 Å². The number of esters is 1. The number of methoxy groups -OCH3 is 1. The van der Waals surface area contributed by atoms with Crippen LogP contribution in [-0.4, -0.2) is 33.9 Å². The van der Waals surface area contributed by atoms with Crippen LogP contribution >= 0.6 is 0 Å². The van der Waals surface area contributed by atoms with Crippen LogP contribution in [0.25, 0.3) is 0 Å². The second kappa shape index (κ2) is 5.65. The molecule has 0 radical (unpaired) electrons. The number of benzene rings is 1. The number of carbonyl (C=O) groups is 1. The van der Waals surface area contributed by atoms with Gasteiger partial charge < -0.3 is 9.47 Å². The largest absolute Gasteiger partial charge is 0.492 e. The first-order valence-electron chi connectivity index (χ1n) is 4.74. The molecule has 0 saturated carbocycles. The van der Waals surface area contributed by atoms with Crippen molar-refractivity contribution >= 4 is 16.0 Å². The lowest BCUT2D eigenvalue weighted by Crippen LogP contribution is -2.21. The average molecular weight is 259 g/mol. The van der Waals surface area contributed by atoms with Crippen LogP contribution in [0.5, 0.6) is 5.75 Å². The van der Waals surface area contributed by atoms with E-state index in [0.717, 1.165) is 0 Å². The molecule has 0 aromatic heterocycles. The molecule has 0 aliphatic rings. The van der Waals surface area contributed by atoms with Crippen molar-refractivity contribution in [3.8, 4) is 5.75 Å². The van der Waals surface area contributed by atoms with Crippen molar-refractivity contribution in [2.75, 3.05) is 19.5 Å². The molecular weight excluding hydrogens is 246 g/mol. The number of carbonyl (C=O) groups excluding carboxylic acids is 1. The number of sulfonamides is 1. The van der Waals surface area contributed by atoms with Gasteiger partial charge in [0, 0.05) is 0 Å². The monoisotopic (exact) mass is 259 g/mol. The predicted molar refractivity (Wildman–Crippen MR) is 61.3 cm³/mol. The molecule has 0 heterocycles. The Morgan fingerprint density at radius 3 is 2.35 bits per heavy atom. The molecule has 0 spiro atoms. The van der Waals surface area contributed by atoms with E-state index in [4.69, 9.17) is 9.88 Å². The van der Waals surface area contributed by atoms with Crippen molar-refractivity contribution in [2.24, 2.45) is 5.14 Å². The lowest BCUT2D eigenvalue weighted by molar-refractivity contribution is 0.0600. The Balaban J connectivity index is 2.54. The van der Waals surface area contributed by atoms with Gasteiger partial charge in [0.05, 0.1) is 18.4 Å². The maximum atomic E-state index is 11.1. The third kappa shape index (κ3) is 4.83. The smallest absolute Gasteiger partial charge is 0.337 e. The Hall–Kier alpha value is -1.60. The van der Waals surface area contributed by atoms with E-state index in [0.29, 0.717) is 11.3 Å². The van der Waals surface area contributed by atoms with E-state index in [1.807, 2.05) is 0 Å². The SMILES string of the molecule is COC(=O)c1ccc(OCCS(N)(=O)=O)cc1. The molecule has 7 heteroatoms. The minimum absolute atomic E-state index is 0.0313. The molecule has 17 heavy (non-hydrogen) atoms. The molecular formula is C10H13NO5S. The molecule has 0 aliphatic carbocycles. The number of rotatable bonds is 5. The van der Waals surface area contributed by atoms with E-state index in [1.165, 1.54) is 19.2 Å². The minimum atomic E-state index is -3.52. The van der Waals surface area contributed by atoms with E-state index in [2.05, 4.69) is 4.74 Å². The molecule has 1 aromatic rings. The van der Waals surface area contributed by atoms with E-state index in [9.17, 15) is 13.2 Å². The second-order valence-electron chi connectivity index (χ2n) is 3.23. The lowest BCUT2D eigenvalue weighted by Gasteiger charge is -2.05. The predicted octanol–water partition coefficient (Wildman–Crippen LogP) is 0.141. The van der Waals surface area contributed by atoms with Gasteiger partial charge in [-0.2, -0.15) is 0 Å². The molecule has 0 unspecified atom stereocenters. The molecule has 0 aliphatic heterocycles. The van der Waals surface area contributed by atoms with Crippen LogP contribution in [0.4, 0.5) is 0 Å². The number of primary sulfonamides is 1. The molecule has 0 bridgehead atoms. The van der Waals surface area contributed by atoms with Crippen LogP contribution < -0.4 is 9.88 Å². The molecule has 0 saturated heterocycles. The number of hydrogen-bond donors (Lipinski definition) is 1. The Labute approximate surface area is 99.4 Å². The topological polar surface area (TPSA) is 95.7 Å². The second-order valence-corrected chi connectivity index (χ2v) is 4.97. The highest BCUT2D eigenvalue weighted by Crippen LogP contribution is 2.12. The van der Waals surface area contributed by atoms with Crippen molar-refractivity contribution in [1.82, 2.24) is 0 Å². The highest BCUT2D eigenvalue weighted by Gasteiger charge is 2.06. The summed E-state index contributed by atoms with van der Waals surface area (Å²) in [5.41, 5.74) is 0.395. The van der Waals surface area contributed by atoms with Gasteiger partial charge in [0.15, 0.2) is 0 Å². The summed E-state index contributed by atoms with van der Waals surface area (Å²) < 4.78 is 30.9. The van der Waals surface area contributed by atoms with Crippen molar-refractivity contribution in [3.05, 3.63) is 29.8 Å². The molecule has 6 nitrogen and oxygen atoms in total. The minimum Gasteiger partial charge on any atom is -0.492 e. The summed E-state index contributed by atoms with van der Waals surface area (Å²) >= 11 is 0. The standard InChI is InChI=1S/C10H13NO5S/c1-15-10(12)8-2-4-9(5-3-8)16-6-7-17(11,13)14/h2-5H,6-7H2,1H3,(H2,11,13,14). The number of hydrogen-bond acceptors (Lipinski definition) is 5. The highest BCUT2D eigenvalue weighted by atomic mass is 32.2. The first-order chi connectivity index (χ1) is 7.92. The summed E-state index contributed by atoms with van der Waals surface area (Å²) in [6, 6.07) is 6.15. The zero-order valence-corrected chi connectivity index (χ0v) is 10.1. The van der Waals surface area contributed by atoms with Gasteiger partial charge in [0.25, 0.3) is 0 Å². The van der Waals surface area contributed by atoms with Crippen LogP contribution in [0.3, 0.4) is 0 Å². The van der Waals surface area contributed by atoms with E-state index in [-0.39, 0.29) is 12.4 Å². The summed E-state index contributed by atoms with van der Waals surface area (Å²) in [7, 11) is -2.23. The Kier molecular flexibility index (Phi) is 4.47. The van der Waals surface area contributed by atoms with Gasteiger partial charge in [0.2, 0.25) is 10.0 Å². The summed E-state index contributed by atoms with van der Waals surface area (Å²) in [6.07, 6.45) is 0. The molecule has 0 atom stereocenters. The number of ether oxygens (including phenoxy) is 2. The lowest BCUT2D eigenvalue weighted by atomic mass is 10.2. The third-order valence-corrected chi connectivity index (χ3v) is 2.65. The first-order valence-corrected chi connectivity index (χ1v) is 6.45. The zero-order chi connectivity index (χ0) is 12.9. The zero-order valence-electron chi connectivity index (χ0n) is 9.25. The van der Waals surface area contributed by atoms with Crippen LogP contribution in [-0.2, 0) is 14.8 Å². The summed E-state index contributed by atoms with van der Waals surface area (Å²) in [5, 5.41) is 4.81. The fourth-order valence-electron chi connectivity index (χ4n) is 1.08. The van der Waals surface area contributed by atoms with Crippen LogP contribution in [0.1, 0.15) is 10.4 Å². The fourth-order valence-corrected chi connectivity index (χ4v) is 1.40. The Bertz CT molecular complexity index is 480. The van der Waals surface area contributed by atoms with Gasteiger partial charge in [-0.05, 0) is 24.3 Å².